The van der Waals surface area contributed by atoms with Gasteiger partial charge in [0.05, 0.1) is 5.60 Å². The SMILES string of the molecule is CCC1CNCC1N1CCCC(C)(O)CC1. The molecule has 0 amide bonds. The fourth-order valence-electron chi connectivity index (χ4n) is 3.18. The van der Waals surface area contributed by atoms with Gasteiger partial charge in [-0.2, -0.15) is 0 Å². The van der Waals surface area contributed by atoms with Crippen LogP contribution in [0.5, 0.6) is 0 Å². The second kappa shape index (κ2) is 5.03. The summed E-state index contributed by atoms with van der Waals surface area (Å²) in [7, 11) is 0. The molecule has 16 heavy (non-hydrogen) atoms. The molecule has 2 rings (SSSR count). The van der Waals surface area contributed by atoms with Crippen LogP contribution in [-0.4, -0.2) is 47.8 Å². The summed E-state index contributed by atoms with van der Waals surface area (Å²) >= 11 is 0. The van der Waals surface area contributed by atoms with Crippen molar-refractivity contribution in [3.05, 3.63) is 0 Å². The first-order valence-electron chi connectivity index (χ1n) is 6.79. The highest BCUT2D eigenvalue weighted by Crippen LogP contribution is 2.26. The van der Waals surface area contributed by atoms with E-state index in [1.54, 1.807) is 0 Å². The van der Waals surface area contributed by atoms with Crippen LogP contribution in [0, 0.1) is 5.92 Å². The summed E-state index contributed by atoms with van der Waals surface area (Å²) in [5.41, 5.74) is -0.428. The van der Waals surface area contributed by atoms with Gasteiger partial charge in [-0.15, -0.1) is 0 Å². The molecule has 3 heteroatoms. The molecule has 0 spiro atoms. The first kappa shape index (κ1) is 12.3. The Bertz CT molecular complexity index is 230. The second-order valence-electron chi connectivity index (χ2n) is 5.78. The molecular weight excluding hydrogens is 200 g/mol. The van der Waals surface area contributed by atoms with Crippen LogP contribution in [0.3, 0.4) is 0 Å². The van der Waals surface area contributed by atoms with E-state index in [9.17, 15) is 5.11 Å². The van der Waals surface area contributed by atoms with Crippen LogP contribution < -0.4 is 5.32 Å². The molecule has 0 saturated carbocycles. The lowest BCUT2D eigenvalue weighted by atomic mass is 9.97. The fraction of sp³-hybridized carbons (Fsp3) is 1.00. The fourth-order valence-corrected chi connectivity index (χ4v) is 3.18. The molecular formula is C13H26N2O. The van der Waals surface area contributed by atoms with Crippen molar-refractivity contribution in [1.82, 2.24) is 10.2 Å². The van der Waals surface area contributed by atoms with Crippen molar-refractivity contribution in [1.29, 1.82) is 0 Å². The lowest BCUT2D eigenvalue weighted by Crippen LogP contribution is -2.41. The van der Waals surface area contributed by atoms with E-state index in [2.05, 4.69) is 17.1 Å². The zero-order valence-electron chi connectivity index (χ0n) is 10.7. The Balaban J connectivity index is 1.94. The zero-order valence-corrected chi connectivity index (χ0v) is 10.7. The molecule has 3 nitrogen and oxygen atoms in total. The van der Waals surface area contributed by atoms with E-state index in [-0.39, 0.29) is 0 Å². The van der Waals surface area contributed by atoms with Gasteiger partial charge in [0.2, 0.25) is 0 Å². The van der Waals surface area contributed by atoms with Crippen LogP contribution in [0.1, 0.15) is 39.5 Å². The maximum absolute atomic E-state index is 10.1. The number of hydrogen-bond acceptors (Lipinski definition) is 3. The average molecular weight is 226 g/mol. The van der Waals surface area contributed by atoms with E-state index < -0.39 is 5.60 Å². The third kappa shape index (κ3) is 2.76. The molecule has 2 saturated heterocycles. The van der Waals surface area contributed by atoms with E-state index in [1.165, 1.54) is 19.5 Å². The molecule has 2 fully saturated rings. The highest BCUT2D eigenvalue weighted by atomic mass is 16.3. The van der Waals surface area contributed by atoms with Gasteiger partial charge < -0.3 is 10.4 Å². The molecule has 0 aromatic rings. The Morgan fingerprint density at radius 1 is 1.31 bits per heavy atom. The predicted octanol–water partition coefficient (Wildman–Crippen LogP) is 1.22. The van der Waals surface area contributed by atoms with E-state index >= 15 is 0 Å². The van der Waals surface area contributed by atoms with Gasteiger partial charge in [-0.3, -0.25) is 4.90 Å². The maximum Gasteiger partial charge on any atom is 0.0632 e. The maximum atomic E-state index is 10.1. The minimum absolute atomic E-state index is 0.428. The van der Waals surface area contributed by atoms with Gasteiger partial charge in [-0.1, -0.05) is 13.3 Å². The number of aliphatic hydroxyl groups is 1. The average Bonchev–Trinajstić information content (AvgIpc) is 2.63. The van der Waals surface area contributed by atoms with Crippen LogP contribution in [-0.2, 0) is 0 Å². The first-order valence-corrected chi connectivity index (χ1v) is 6.79. The highest BCUT2D eigenvalue weighted by molar-refractivity contribution is 4.90. The molecule has 0 radical (unpaired) electrons. The van der Waals surface area contributed by atoms with Crippen molar-refractivity contribution >= 4 is 0 Å². The Labute approximate surface area is 99.2 Å². The normalized spacial score (nSPS) is 42.2. The Kier molecular flexibility index (Phi) is 3.88. The molecule has 0 bridgehead atoms. The van der Waals surface area contributed by atoms with Crippen molar-refractivity contribution in [3.63, 3.8) is 0 Å². The Morgan fingerprint density at radius 2 is 2.12 bits per heavy atom. The molecule has 2 aliphatic heterocycles. The standard InChI is InChI=1S/C13H26N2O/c1-3-11-9-14-10-12(11)15-7-4-5-13(2,16)6-8-15/h11-12,14,16H,3-10H2,1-2H3. The van der Waals surface area contributed by atoms with Crippen molar-refractivity contribution in [2.75, 3.05) is 26.2 Å². The molecule has 2 aliphatic rings. The smallest absolute Gasteiger partial charge is 0.0632 e. The van der Waals surface area contributed by atoms with Gasteiger partial charge in [-0.25, -0.2) is 0 Å². The van der Waals surface area contributed by atoms with E-state index in [0.29, 0.717) is 6.04 Å². The van der Waals surface area contributed by atoms with E-state index in [0.717, 1.165) is 38.3 Å². The lowest BCUT2D eigenvalue weighted by Gasteiger charge is -2.31. The summed E-state index contributed by atoms with van der Waals surface area (Å²) in [5, 5.41) is 13.6. The molecule has 3 unspecified atom stereocenters. The largest absolute Gasteiger partial charge is 0.390 e. The summed E-state index contributed by atoms with van der Waals surface area (Å²) in [6.07, 6.45) is 4.30. The van der Waals surface area contributed by atoms with E-state index in [1.807, 2.05) is 6.92 Å². The summed E-state index contributed by atoms with van der Waals surface area (Å²) in [4.78, 5) is 2.61. The Morgan fingerprint density at radius 3 is 2.88 bits per heavy atom. The molecule has 0 aliphatic carbocycles. The lowest BCUT2D eigenvalue weighted by molar-refractivity contribution is 0.0423. The van der Waals surface area contributed by atoms with Gasteiger partial charge in [0.15, 0.2) is 0 Å². The van der Waals surface area contributed by atoms with Crippen molar-refractivity contribution in [2.45, 2.75) is 51.2 Å². The molecule has 3 atom stereocenters. The van der Waals surface area contributed by atoms with Crippen molar-refractivity contribution in [2.24, 2.45) is 5.92 Å². The first-order chi connectivity index (χ1) is 7.62. The van der Waals surface area contributed by atoms with Crippen LogP contribution in [0.15, 0.2) is 0 Å². The third-order valence-corrected chi connectivity index (χ3v) is 4.40. The zero-order chi connectivity index (χ0) is 11.6. The summed E-state index contributed by atoms with van der Waals surface area (Å²) in [5.74, 6) is 0.808. The van der Waals surface area contributed by atoms with Crippen LogP contribution >= 0.6 is 0 Å². The molecule has 0 aromatic carbocycles. The van der Waals surface area contributed by atoms with Crippen LogP contribution in [0.25, 0.3) is 0 Å². The quantitative estimate of drug-likeness (QED) is 0.743. The summed E-state index contributed by atoms with van der Waals surface area (Å²) in [6, 6.07) is 0.707. The number of rotatable bonds is 2. The van der Waals surface area contributed by atoms with Crippen molar-refractivity contribution < 1.29 is 5.11 Å². The minimum atomic E-state index is -0.428. The number of likely N-dealkylation sites (tertiary alicyclic amines) is 1. The number of nitrogens with one attached hydrogen (secondary N) is 1. The predicted molar refractivity (Wildman–Crippen MR) is 66.5 cm³/mol. The second-order valence-corrected chi connectivity index (χ2v) is 5.78. The number of nitrogens with zero attached hydrogens (tertiary/aromatic N) is 1. The number of hydrogen-bond donors (Lipinski definition) is 2. The van der Waals surface area contributed by atoms with Gasteiger partial charge in [0, 0.05) is 19.1 Å². The molecule has 0 aromatic heterocycles. The highest BCUT2D eigenvalue weighted by Gasteiger charge is 2.33. The van der Waals surface area contributed by atoms with Gasteiger partial charge in [0.1, 0.15) is 0 Å². The molecule has 2 N–H and O–H groups in total. The van der Waals surface area contributed by atoms with Gasteiger partial charge in [0.25, 0.3) is 0 Å². The topological polar surface area (TPSA) is 35.5 Å². The third-order valence-electron chi connectivity index (χ3n) is 4.40. The van der Waals surface area contributed by atoms with Crippen molar-refractivity contribution in [3.8, 4) is 0 Å². The van der Waals surface area contributed by atoms with Crippen LogP contribution in [0.4, 0.5) is 0 Å². The monoisotopic (exact) mass is 226 g/mol. The minimum Gasteiger partial charge on any atom is -0.390 e. The molecule has 94 valence electrons. The Hall–Kier alpha value is -0.120. The molecule has 2 heterocycles. The van der Waals surface area contributed by atoms with E-state index in [4.69, 9.17) is 0 Å². The van der Waals surface area contributed by atoms with Gasteiger partial charge in [-0.05, 0) is 45.2 Å². The summed E-state index contributed by atoms with van der Waals surface area (Å²) in [6.45, 7) is 8.82. The van der Waals surface area contributed by atoms with Gasteiger partial charge >= 0.3 is 0 Å². The van der Waals surface area contributed by atoms with Crippen LogP contribution in [0.2, 0.25) is 0 Å². The summed E-state index contributed by atoms with van der Waals surface area (Å²) < 4.78 is 0.